The first-order chi connectivity index (χ1) is 13.0. The average Bonchev–Trinajstić information content (AvgIpc) is 2.65. The maximum atomic E-state index is 5.32. The second kappa shape index (κ2) is 7.90. The molecule has 140 valence electrons. The minimum absolute atomic E-state index is 0.384. The van der Waals surface area contributed by atoms with Crippen LogP contribution in [0.4, 0.5) is 23.1 Å². The van der Waals surface area contributed by atoms with Crippen LogP contribution in [-0.2, 0) is 0 Å². The van der Waals surface area contributed by atoms with Crippen molar-refractivity contribution in [2.24, 2.45) is 0 Å². The maximum absolute atomic E-state index is 5.32. The van der Waals surface area contributed by atoms with E-state index in [1.54, 1.807) is 20.4 Å². The van der Waals surface area contributed by atoms with E-state index in [1.165, 1.54) is 5.56 Å². The van der Waals surface area contributed by atoms with Crippen molar-refractivity contribution < 1.29 is 9.47 Å². The van der Waals surface area contributed by atoms with Gasteiger partial charge < -0.3 is 20.1 Å². The first-order valence-corrected chi connectivity index (χ1v) is 8.54. The van der Waals surface area contributed by atoms with Gasteiger partial charge in [-0.25, -0.2) is 0 Å². The normalized spacial score (nSPS) is 10.4. The third-order valence-electron chi connectivity index (χ3n) is 4.13. The lowest BCUT2D eigenvalue weighted by Gasteiger charge is -2.14. The first-order valence-electron chi connectivity index (χ1n) is 8.54. The highest BCUT2D eigenvalue weighted by molar-refractivity contribution is 5.66. The molecule has 0 bridgehead atoms. The highest BCUT2D eigenvalue weighted by atomic mass is 16.5. The van der Waals surface area contributed by atoms with Crippen LogP contribution < -0.4 is 20.1 Å². The van der Waals surface area contributed by atoms with Crippen LogP contribution >= 0.6 is 0 Å². The van der Waals surface area contributed by atoms with Crippen molar-refractivity contribution in [1.29, 1.82) is 0 Å². The van der Waals surface area contributed by atoms with E-state index >= 15 is 0 Å². The number of hydrogen-bond acceptors (Lipinski definition) is 7. The largest absolute Gasteiger partial charge is 0.493 e. The number of ether oxygens (including phenoxy) is 2. The molecule has 7 heteroatoms. The van der Waals surface area contributed by atoms with E-state index in [0.29, 0.717) is 23.3 Å². The van der Waals surface area contributed by atoms with Crippen molar-refractivity contribution in [3.63, 3.8) is 0 Å². The molecular formula is C20H23N5O2. The topological polar surface area (TPSA) is 81.2 Å². The summed E-state index contributed by atoms with van der Waals surface area (Å²) in [6.45, 7) is 6.22. The lowest BCUT2D eigenvalue weighted by Crippen LogP contribution is -2.04. The smallest absolute Gasteiger partial charge is 0.249 e. The molecule has 2 aromatic carbocycles. The van der Waals surface area contributed by atoms with Crippen LogP contribution in [0.5, 0.6) is 11.5 Å². The monoisotopic (exact) mass is 365 g/mol. The van der Waals surface area contributed by atoms with Gasteiger partial charge in [0.1, 0.15) is 0 Å². The van der Waals surface area contributed by atoms with E-state index in [-0.39, 0.29) is 0 Å². The first kappa shape index (κ1) is 18.4. The van der Waals surface area contributed by atoms with E-state index in [9.17, 15) is 0 Å². The average molecular weight is 365 g/mol. The zero-order valence-electron chi connectivity index (χ0n) is 16.1. The summed E-state index contributed by atoms with van der Waals surface area (Å²) in [6, 6.07) is 9.75. The van der Waals surface area contributed by atoms with Crippen LogP contribution in [0.1, 0.15) is 16.7 Å². The molecule has 0 saturated carbocycles. The SMILES string of the molecule is COc1ccc(Nc2nncc(Nc3c(C)cc(C)cc3C)n2)cc1OC. The number of nitrogens with one attached hydrogen (secondary N) is 2. The molecular weight excluding hydrogens is 342 g/mol. The third-order valence-corrected chi connectivity index (χ3v) is 4.13. The van der Waals surface area contributed by atoms with Crippen LogP contribution in [0.15, 0.2) is 36.5 Å². The molecule has 0 saturated heterocycles. The molecule has 27 heavy (non-hydrogen) atoms. The number of anilines is 4. The van der Waals surface area contributed by atoms with E-state index in [2.05, 4.69) is 58.7 Å². The number of benzene rings is 2. The Morgan fingerprint density at radius 3 is 2.22 bits per heavy atom. The summed E-state index contributed by atoms with van der Waals surface area (Å²) in [5, 5.41) is 14.6. The molecule has 3 rings (SSSR count). The summed E-state index contributed by atoms with van der Waals surface area (Å²) in [5.74, 6) is 2.27. The Labute approximate surface area is 158 Å². The van der Waals surface area contributed by atoms with Crippen molar-refractivity contribution in [3.05, 3.63) is 53.2 Å². The van der Waals surface area contributed by atoms with E-state index in [4.69, 9.17) is 9.47 Å². The molecule has 0 aliphatic carbocycles. The summed E-state index contributed by atoms with van der Waals surface area (Å²) in [4.78, 5) is 4.50. The lowest BCUT2D eigenvalue weighted by molar-refractivity contribution is 0.355. The molecule has 0 spiro atoms. The Kier molecular flexibility index (Phi) is 5.40. The summed E-state index contributed by atoms with van der Waals surface area (Å²) in [5.41, 5.74) is 5.33. The fourth-order valence-corrected chi connectivity index (χ4v) is 2.97. The van der Waals surface area contributed by atoms with Crippen LogP contribution in [0.2, 0.25) is 0 Å². The molecule has 0 amide bonds. The quantitative estimate of drug-likeness (QED) is 0.674. The van der Waals surface area contributed by atoms with Crippen molar-refractivity contribution in [3.8, 4) is 11.5 Å². The van der Waals surface area contributed by atoms with Gasteiger partial charge in [-0.1, -0.05) is 17.7 Å². The predicted octanol–water partition coefficient (Wildman–Crippen LogP) is 4.30. The van der Waals surface area contributed by atoms with Crippen LogP contribution in [0.3, 0.4) is 0 Å². The zero-order valence-corrected chi connectivity index (χ0v) is 16.1. The maximum Gasteiger partial charge on any atom is 0.249 e. The summed E-state index contributed by atoms with van der Waals surface area (Å²) < 4.78 is 10.6. The van der Waals surface area contributed by atoms with Gasteiger partial charge in [-0.15, -0.1) is 5.10 Å². The molecule has 0 unspecified atom stereocenters. The van der Waals surface area contributed by atoms with Gasteiger partial charge in [0.2, 0.25) is 5.95 Å². The van der Waals surface area contributed by atoms with Crippen molar-refractivity contribution in [2.45, 2.75) is 20.8 Å². The fraction of sp³-hybridized carbons (Fsp3) is 0.250. The zero-order chi connectivity index (χ0) is 19.4. The van der Waals surface area contributed by atoms with Crippen molar-refractivity contribution in [1.82, 2.24) is 15.2 Å². The second-order valence-corrected chi connectivity index (χ2v) is 6.26. The Bertz CT molecular complexity index is 936. The molecule has 0 aliphatic rings. The van der Waals surface area contributed by atoms with Gasteiger partial charge in [0, 0.05) is 17.4 Å². The van der Waals surface area contributed by atoms with Gasteiger partial charge in [-0.3, -0.25) is 0 Å². The Morgan fingerprint density at radius 2 is 1.56 bits per heavy atom. The van der Waals surface area contributed by atoms with Gasteiger partial charge in [0.25, 0.3) is 0 Å². The number of rotatable bonds is 6. The minimum Gasteiger partial charge on any atom is -0.493 e. The summed E-state index contributed by atoms with van der Waals surface area (Å²) in [6.07, 6.45) is 1.60. The van der Waals surface area contributed by atoms with Gasteiger partial charge in [-0.05, 0) is 44.0 Å². The molecule has 0 fully saturated rings. The standard InChI is InChI=1S/C20H23N5O2/c1-12-8-13(2)19(14(3)9-12)23-18-11-21-25-20(24-18)22-15-6-7-16(26-4)17(10-15)27-5/h6-11H,1-5H3,(H2,22,23,24,25). The summed E-state index contributed by atoms with van der Waals surface area (Å²) >= 11 is 0. The van der Waals surface area contributed by atoms with Crippen molar-refractivity contribution >= 4 is 23.1 Å². The Morgan fingerprint density at radius 1 is 0.852 bits per heavy atom. The highest BCUT2D eigenvalue weighted by Crippen LogP contribution is 2.31. The fourth-order valence-electron chi connectivity index (χ4n) is 2.97. The Balaban J connectivity index is 1.82. The van der Waals surface area contributed by atoms with Gasteiger partial charge in [0.15, 0.2) is 17.3 Å². The molecule has 7 nitrogen and oxygen atoms in total. The number of methoxy groups -OCH3 is 2. The summed E-state index contributed by atoms with van der Waals surface area (Å²) in [7, 11) is 3.19. The molecule has 1 heterocycles. The van der Waals surface area contributed by atoms with Crippen LogP contribution in [-0.4, -0.2) is 29.4 Å². The molecule has 0 radical (unpaired) electrons. The molecule has 3 aromatic rings. The molecule has 0 aliphatic heterocycles. The third kappa shape index (κ3) is 4.25. The lowest BCUT2D eigenvalue weighted by atomic mass is 10.1. The van der Waals surface area contributed by atoms with E-state index in [1.807, 2.05) is 18.2 Å². The van der Waals surface area contributed by atoms with Gasteiger partial charge in [0.05, 0.1) is 20.4 Å². The van der Waals surface area contributed by atoms with Crippen molar-refractivity contribution in [2.75, 3.05) is 24.9 Å². The predicted molar refractivity (Wildman–Crippen MR) is 107 cm³/mol. The van der Waals surface area contributed by atoms with Gasteiger partial charge >= 0.3 is 0 Å². The molecule has 2 N–H and O–H groups in total. The minimum atomic E-state index is 0.384. The number of hydrogen-bond donors (Lipinski definition) is 2. The van der Waals surface area contributed by atoms with Crippen LogP contribution in [0.25, 0.3) is 0 Å². The molecule has 0 atom stereocenters. The highest BCUT2D eigenvalue weighted by Gasteiger charge is 2.09. The van der Waals surface area contributed by atoms with E-state index < -0.39 is 0 Å². The number of nitrogens with zero attached hydrogens (tertiary/aromatic N) is 3. The van der Waals surface area contributed by atoms with E-state index in [0.717, 1.165) is 22.5 Å². The Hall–Kier alpha value is -3.35. The number of aromatic nitrogens is 3. The molecule has 1 aromatic heterocycles. The van der Waals surface area contributed by atoms with Crippen LogP contribution in [0, 0.1) is 20.8 Å². The number of aryl methyl sites for hydroxylation is 3. The second-order valence-electron chi connectivity index (χ2n) is 6.26. The van der Waals surface area contributed by atoms with Gasteiger partial charge in [-0.2, -0.15) is 10.1 Å².